The minimum Gasteiger partial charge on any atom is -0.325 e. The molecule has 1 fully saturated rings. The van der Waals surface area contributed by atoms with Crippen molar-refractivity contribution in [1.29, 1.82) is 0 Å². The molecule has 0 saturated carbocycles. The zero-order chi connectivity index (χ0) is 20.7. The maximum Gasteiger partial charge on any atom is 0.238 e. The molecule has 0 atom stereocenters. The van der Waals surface area contributed by atoms with Crippen molar-refractivity contribution in [3.05, 3.63) is 71.1 Å². The molecule has 1 heterocycles. The van der Waals surface area contributed by atoms with E-state index in [1.165, 1.54) is 15.3 Å². The Hall–Kier alpha value is -2.48. The topological polar surface area (TPSA) is 69.7 Å². The van der Waals surface area contributed by atoms with E-state index in [2.05, 4.69) is 12.2 Å². The summed E-state index contributed by atoms with van der Waals surface area (Å²) in [5.74, 6) is -0.0884. The predicted octanol–water partition coefficient (Wildman–Crippen LogP) is 2.81. The van der Waals surface area contributed by atoms with E-state index in [-0.39, 0.29) is 12.5 Å². The van der Waals surface area contributed by atoms with E-state index in [9.17, 15) is 13.2 Å². The maximum absolute atomic E-state index is 12.5. The van der Waals surface area contributed by atoms with Crippen LogP contribution in [0.4, 0.5) is 5.69 Å². The number of rotatable bonds is 7. The van der Waals surface area contributed by atoms with Crippen molar-refractivity contribution in [3.8, 4) is 0 Å². The van der Waals surface area contributed by atoms with E-state index in [1.807, 2.05) is 59.5 Å². The number of hydrogen-bond donors (Lipinski definition) is 1. The molecule has 3 rings (SSSR count). The highest BCUT2D eigenvalue weighted by atomic mass is 32.2. The van der Waals surface area contributed by atoms with Gasteiger partial charge >= 0.3 is 0 Å². The van der Waals surface area contributed by atoms with Gasteiger partial charge in [0.05, 0.1) is 6.54 Å². The number of nitrogens with one attached hydrogen (secondary N) is 1. The molecule has 1 aliphatic heterocycles. The summed E-state index contributed by atoms with van der Waals surface area (Å²) in [6.07, 6.45) is 2.57. The van der Waals surface area contributed by atoms with Crippen LogP contribution in [0.2, 0.25) is 0 Å². The largest absolute Gasteiger partial charge is 0.325 e. The number of nitrogens with zero attached hydrogens (tertiary/aromatic N) is 2. The van der Waals surface area contributed by atoms with Crippen LogP contribution in [-0.2, 0) is 21.2 Å². The predicted molar refractivity (Wildman–Crippen MR) is 117 cm³/mol. The number of anilines is 1. The summed E-state index contributed by atoms with van der Waals surface area (Å²) in [7, 11) is -3.46. The first-order chi connectivity index (χ1) is 14.0. The van der Waals surface area contributed by atoms with Gasteiger partial charge in [-0.05, 0) is 35.8 Å². The van der Waals surface area contributed by atoms with Crippen LogP contribution in [0.3, 0.4) is 0 Å². The van der Waals surface area contributed by atoms with Gasteiger partial charge in [-0.1, -0.05) is 49.4 Å². The van der Waals surface area contributed by atoms with Gasteiger partial charge in [0.2, 0.25) is 15.9 Å². The zero-order valence-electron chi connectivity index (χ0n) is 16.6. The van der Waals surface area contributed by atoms with E-state index < -0.39 is 10.0 Å². The second-order valence-corrected chi connectivity index (χ2v) is 8.85. The van der Waals surface area contributed by atoms with E-state index >= 15 is 0 Å². The monoisotopic (exact) mass is 413 g/mol. The van der Waals surface area contributed by atoms with Crippen LogP contribution in [0.15, 0.2) is 60.0 Å². The molecular formula is C22H27N3O3S. The van der Waals surface area contributed by atoms with E-state index in [0.717, 1.165) is 17.7 Å². The number of carbonyl (C=O) groups excluding carboxylic acids is 1. The number of hydrogen-bond acceptors (Lipinski definition) is 4. The molecule has 1 saturated heterocycles. The first-order valence-corrected chi connectivity index (χ1v) is 11.3. The number of aryl methyl sites for hydroxylation is 1. The lowest BCUT2D eigenvalue weighted by molar-refractivity contribution is -0.117. The quantitative estimate of drug-likeness (QED) is 0.758. The van der Waals surface area contributed by atoms with Gasteiger partial charge in [-0.2, -0.15) is 4.31 Å². The highest BCUT2D eigenvalue weighted by Gasteiger charge is 2.25. The average molecular weight is 414 g/mol. The van der Waals surface area contributed by atoms with E-state index in [0.29, 0.717) is 26.2 Å². The fourth-order valence-electron chi connectivity index (χ4n) is 3.18. The van der Waals surface area contributed by atoms with Crippen LogP contribution < -0.4 is 5.32 Å². The van der Waals surface area contributed by atoms with Crippen molar-refractivity contribution in [3.63, 3.8) is 0 Å². The Morgan fingerprint density at radius 1 is 1.00 bits per heavy atom. The molecule has 0 radical (unpaired) electrons. The van der Waals surface area contributed by atoms with Crippen molar-refractivity contribution in [2.75, 3.05) is 38.0 Å². The minimum absolute atomic E-state index is 0.0884. The maximum atomic E-state index is 12.5. The van der Waals surface area contributed by atoms with Crippen LogP contribution in [0.5, 0.6) is 0 Å². The summed E-state index contributed by atoms with van der Waals surface area (Å²) in [6, 6.07) is 17.2. The van der Waals surface area contributed by atoms with Crippen molar-refractivity contribution in [1.82, 2.24) is 9.21 Å². The fraction of sp³-hybridized carbons (Fsp3) is 0.318. The standard InChI is InChI=1S/C22H27N3O3S/c1-2-19-8-10-21(11-9-19)23-22(26)18-24-13-15-25(16-14-24)29(27,28)17-12-20-6-4-3-5-7-20/h3-12,17H,2,13-16,18H2,1H3,(H,23,26)/b17-12-. The van der Waals surface area contributed by atoms with Gasteiger partial charge in [0, 0.05) is 37.3 Å². The summed E-state index contributed by atoms with van der Waals surface area (Å²) in [5.41, 5.74) is 2.85. The van der Waals surface area contributed by atoms with Crippen molar-refractivity contribution in [2.24, 2.45) is 0 Å². The van der Waals surface area contributed by atoms with Crippen LogP contribution >= 0.6 is 0 Å². The second-order valence-electron chi connectivity index (χ2n) is 7.03. The molecule has 2 aromatic rings. The lowest BCUT2D eigenvalue weighted by atomic mass is 10.1. The number of amides is 1. The Labute approximate surface area is 172 Å². The molecule has 0 unspecified atom stereocenters. The Morgan fingerprint density at radius 2 is 1.66 bits per heavy atom. The van der Waals surface area contributed by atoms with E-state index in [4.69, 9.17) is 0 Å². The zero-order valence-corrected chi connectivity index (χ0v) is 17.4. The first-order valence-electron chi connectivity index (χ1n) is 9.81. The lowest BCUT2D eigenvalue weighted by Gasteiger charge is -2.32. The average Bonchev–Trinajstić information content (AvgIpc) is 2.74. The molecule has 0 aromatic heterocycles. The summed E-state index contributed by atoms with van der Waals surface area (Å²) in [5, 5.41) is 4.15. The van der Waals surface area contributed by atoms with Gasteiger partial charge in [0.15, 0.2) is 0 Å². The first kappa shape index (κ1) is 21.2. The third-order valence-corrected chi connectivity index (χ3v) is 6.50. The van der Waals surface area contributed by atoms with Crippen LogP contribution in [0, 0.1) is 0 Å². The number of benzene rings is 2. The Morgan fingerprint density at radius 3 is 2.28 bits per heavy atom. The Kier molecular flexibility index (Phi) is 7.19. The summed E-state index contributed by atoms with van der Waals surface area (Å²) >= 11 is 0. The van der Waals surface area contributed by atoms with E-state index in [1.54, 1.807) is 6.08 Å². The van der Waals surface area contributed by atoms with Crippen molar-refractivity contribution >= 4 is 27.7 Å². The molecule has 1 amide bonds. The Bertz CT molecular complexity index is 933. The van der Waals surface area contributed by atoms with Gasteiger partial charge in [-0.25, -0.2) is 8.42 Å². The molecule has 2 aromatic carbocycles. The Balaban J connectivity index is 1.48. The van der Waals surface area contributed by atoms with Gasteiger partial charge in [0.25, 0.3) is 0 Å². The summed E-state index contributed by atoms with van der Waals surface area (Å²) in [4.78, 5) is 14.3. The van der Waals surface area contributed by atoms with Crippen LogP contribution in [0.1, 0.15) is 18.1 Å². The lowest BCUT2D eigenvalue weighted by Crippen LogP contribution is -2.49. The third kappa shape index (κ3) is 6.25. The molecular weight excluding hydrogens is 386 g/mol. The minimum atomic E-state index is -3.46. The molecule has 0 aliphatic carbocycles. The second kappa shape index (κ2) is 9.82. The molecule has 0 spiro atoms. The molecule has 29 heavy (non-hydrogen) atoms. The molecule has 6 nitrogen and oxygen atoms in total. The fourth-order valence-corrected chi connectivity index (χ4v) is 4.36. The molecule has 1 aliphatic rings. The smallest absolute Gasteiger partial charge is 0.238 e. The molecule has 1 N–H and O–H groups in total. The summed E-state index contributed by atoms with van der Waals surface area (Å²) < 4.78 is 26.5. The highest BCUT2D eigenvalue weighted by Crippen LogP contribution is 2.13. The normalized spacial score (nSPS) is 16.2. The summed E-state index contributed by atoms with van der Waals surface area (Å²) in [6.45, 7) is 4.15. The highest BCUT2D eigenvalue weighted by molar-refractivity contribution is 7.92. The molecule has 7 heteroatoms. The number of piperazine rings is 1. The third-order valence-electron chi connectivity index (χ3n) is 4.94. The SMILES string of the molecule is CCc1ccc(NC(=O)CN2CCN(S(=O)(=O)/C=C\c3ccccc3)CC2)cc1. The van der Waals surface area contributed by atoms with Gasteiger partial charge < -0.3 is 5.32 Å². The van der Waals surface area contributed by atoms with Crippen molar-refractivity contribution in [2.45, 2.75) is 13.3 Å². The van der Waals surface area contributed by atoms with Crippen molar-refractivity contribution < 1.29 is 13.2 Å². The van der Waals surface area contributed by atoms with Crippen LogP contribution in [-0.4, -0.2) is 56.3 Å². The number of carbonyl (C=O) groups is 1. The van der Waals surface area contributed by atoms with Gasteiger partial charge in [0.1, 0.15) is 0 Å². The molecule has 0 bridgehead atoms. The van der Waals surface area contributed by atoms with Gasteiger partial charge in [-0.15, -0.1) is 0 Å². The number of sulfonamides is 1. The molecule has 154 valence electrons. The van der Waals surface area contributed by atoms with Gasteiger partial charge in [-0.3, -0.25) is 9.69 Å². The van der Waals surface area contributed by atoms with Crippen LogP contribution in [0.25, 0.3) is 6.08 Å².